The highest BCUT2D eigenvalue weighted by Crippen LogP contribution is 2.38. The molecule has 4 rings (SSSR count). The molecule has 1 amide bonds. The minimum atomic E-state index is 0.0952. The first-order valence-electron chi connectivity index (χ1n) is 11.0. The molecule has 1 atom stereocenters. The van der Waals surface area contributed by atoms with Gasteiger partial charge in [0.1, 0.15) is 5.75 Å². The molecule has 0 bridgehead atoms. The van der Waals surface area contributed by atoms with Crippen molar-refractivity contribution in [1.82, 2.24) is 4.90 Å². The van der Waals surface area contributed by atoms with E-state index < -0.39 is 0 Å². The van der Waals surface area contributed by atoms with Crippen molar-refractivity contribution in [1.29, 1.82) is 0 Å². The van der Waals surface area contributed by atoms with E-state index in [1.807, 2.05) is 18.2 Å². The van der Waals surface area contributed by atoms with Crippen LogP contribution in [0.2, 0.25) is 0 Å². The van der Waals surface area contributed by atoms with Gasteiger partial charge in [0.25, 0.3) is 0 Å². The lowest BCUT2D eigenvalue weighted by Crippen LogP contribution is -2.35. The highest BCUT2D eigenvalue weighted by molar-refractivity contribution is 5.95. The average Bonchev–Trinajstić information content (AvgIpc) is 2.73. The number of nitrogens with zero attached hydrogens (tertiary/aromatic N) is 1. The zero-order chi connectivity index (χ0) is 20.1. The third kappa shape index (κ3) is 5.18. The first kappa shape index (κ1) is 20.0. The molecule has 2 aromatic carbocycles. The lowest BCUT2D eigenvalue weighted by molar-refractivity contribution is -0.116. The maximum Gasteiger partial charge on any atom is 0.224 e. The smallest absolute Gasteiger partial charge is 0.224 e. The molecule has 2 aromatic rings. The summed E-state index contributed by atoms with van der Waals surface area (Å²) in [5, 5.41) is 2.97. The molecule has 0 aromatic heterocycles. The minimum absolute atomic E-state index is 0.0952. The number of hydrogen-bond acceptors (Lipinski definition) is 3. The van der Waals surface area contributed by atoms with Crippen LogP contribution in [0.3, 0.4) is 0 Å². The van der Waals surface area contributed by atoms with Gasteiger partial charge in [-0.2, -0.15) is 0 Å². The number of carbonyl (C=O) groups is 1. The number of fused-ring (bicyclic) bond motifs is 1. The topological polar surface area (TPSA) is 41.6 Å². The van der Waals surface area contributed by atoms with Crippen molar-refractivity contribution in [3.63, 3.8) is 0 Å². The number of anilines is 1. The predicted octanol–water partition coefficient (Wildman–Crippen LogP) is 4.86. The van der Waals surface area contributed by atoms with Gasteiger partial charge in [-0.05, 0) is 68.3 Å². The summed E-state index contributed by atoms with van der Waals surface area (Å²) < 4.78 is 6.12. The summed E-state index contributed by atoms with van der Waals surface area (Å²) in [7, 11) is 0. The van der Waals surface area contributed by atoms with Crippen LogP contribution in [-0.4, -0.2) is 37.0 Å². The molecule has 1 saturated heterocycles. The van der Waals surface area contributed by atoms with E-state index in [9.17, 15) is 4.79 Å². The van der Waals surface area contributed by atoms with Crippen molar-refractivity contribution in [3.8, 4) is 5.75 Å². The molecule has 0 saturated carbocycles. The van der Waals surface area contributed by atoms with Crippen LogP contribution < -0.4 is 10.1 Å². The third-order valence-electron chi connectivity index (χ3n) is 6.28. The zero-order valence-corrected chi connectivity index (χ0v) is 17.4. The van der Waals surface area contributed by atoms with Crippen LogP contribution in [0.1, 0.15) is 49.7 Å². The lowest BCUT2D eigenvalue weighted by atomic mass is 9.90. The molecule has 29 heavy (non-hydrogen) atoms. The first-order valence-corrected chi connectivity index (χ1v) is 11.0. The SMILES string of the molecule is CC1CC(=O)Nc2cccc(OCCCN3CCC(Cc4ccccc4)CC3)c21. The Hall–Kier alpha value is -2.33. The summed E-state index contributed by atoms with van der Waals surface area (Å²) in [6.07, 6.45) is 5.36. The number of carbonyl (C=O) groups excluding carboxylic acids is 1. The Morgan fingerprint density at radius 3 is 2.66 bits per heavy atom. The van der Waals surface area contributed by atoms with E-state index in [2.05, 4.69) is 47.5 Å². The van der Waals surface area contributed by atoms with E-state index in [1.54, 1.807) is 0 Å². The van der Waals surface area contributed by atoms with Gasteiger partial charge in [-0.15, -0.1) is 0 Å². The third-order valence-corrected chi connectivity index (χ3v) is 6.28. The molecule has 1 unspecified atom stereocenters. The van der Waals surface area contributed by atoms with Gasteiger partial charge in [-0.3, -0.25) is 4.79 Å². The number of piperidine rings is 1. The average molecular weight is 393 g/mol. The summed E-state index contributed by atoms with van der Waals surface area (Å²) in [6.45, 7) is 6.31. The molecule has 2 heterocycles. The second-order valence-electron chi connectivity index (χ2n) is 8.55. The van der Waals surface area contributed by atoms with Crippen LogP contribution in [0, 0.1) is 5.92 Å². The van der Waals surface area contributed by atoms with Gasteiger partial charge in [0.2, 0.25) is 5.91 Å². The van der Waals surface area contributed by atoms with Gasteiger partial charge < -0.3 is 15.0 Å². The number of likely N-dealkylation sites (tertiary alicyclic amines) is 1. The van der Waals surface area contributed by atoms with Crippen molar-refractivity contribution in [2.45, 2.75) is 44.9 Å². The second-order valence-corrected chi connectivity index (χ2v) is 8.55. The van der Waals surface area contributed by atoms with Gasteiger partial charge >= 0.3 is 0 Å². The zero-order valence-electron chi connectivity index (χ0n) is 17.4. The number of ether oxygens (including phenoxy) is 1. The quantitative estimate of drug-likeness (QED) is 0.685. The second kappa shape index (κ2) is 9.45. The summed E-state index contributed by atoms with van der Waals surface area (Å²) in [5.74, 6) is 2.05. The van der Waals surface area contributed by atoms with E-state index in [4.69, 9.17) is 4.74 Å². The van der Waals surface area contributed by atoms with E-state index >= 15 is 0 Å². The largest absolute Gasteiger partial charge is 0.493 e. The highest BCUT2D eigenvalue weighted by Gasteiger charge is 2.25. The summed E-state index contributed by atoms with van der Waals surface area (Å²) in [5.41, 5.74) is 3.52. The standard InChI is InChI=1S/C25H32N2O2/c1-19-17-24(28)26-22-9-5-10-23(25(19)22)29-16-6-13-27-14-11-21(12-15-27)18-20-7-3-2-4-8-20/h2-5,7-10,19,21H,6,11-18H2,1H3,(H,26,28). The fraction of sp³-hybridized carbons (Fsp3) is 0.480. The van der Waals surface area contributed by atoms with Crippen molar-refractivity contribution in [2.24, 2.45) is 5.92 Å². The Labute approximate surface area is 174 Å². The van der Waals surface area contributed by atoms with Crippen LogP contribution in [-0.2, 0) is 11.2 Å². The predicted molar refractivity (Wildman–Crippen MR) is 118 cm³/mol. The van der Waals surface area contributed by atoms with Gasteiger partial charge in [-0.25, -0.2) is 0 Å². The maximum atomic E-state index is 11.8. The molecule has 4 nitrogen and oxygen atoms in total. The van der Waals surface area contributed by atoms with Crippen molar-refractivity contribution in [3.05, 3.63) is 59.7 Å². The first-order chi connectivity index (χ1) is 14.2. The molecule has 154 valence electrons. The summed E-state index contributed by atoms with van der Waals surface area (Å²) >= 11 is 0. The normalized spacial score (nSPS) is 20.2. The number of benzene rings is 2. The molecule has 0 radical (unpaired) electrons. The van der Waals surface area contributed by atoms with Gasteiger partial charge in [0.05, 0.1) is 6.61 Å². The summed E-state index contributed by atoms with van der Waals surface area (Å²) in [6, 6.07) is 16.8. The molecule has 4 heteroatoms. The fourth-order valence-corrected chi connectivity index (χ4v) is 4.70. The molecule has 1 N–H and O–H groups in total. The lowest BCUT2D eigenvalue weighted by Gasteiger charge is -2.32. The Morgan fingerprint density at radius 2 is 1.86 bits per heavy atom. The van der Waals surface area contributed by atoms with Crippen LogP contribution >= 0.6 is 0 Å². The molecule has 0 aliphatic carbocycles. The highest BCUT2D eigenvalue weighted by atomic mass is 16.5. The van der Waals surface area contributed by atoms with E-state index in [-0.39, 0.29) is 11.8 Å². The monoisotopic (exact) mass is 392 g/mol. The van der Waals surface area contributed by atoms with Gasteiger partial charge in [-0.1, -0.05) is 43.3 Å². The van der Waals surface area contributed by atoms with E-state index in [0.29, 0.717) is 6.42 Å². The van der Waals surface area contributed by atoms with E-state index in [0.717, 1.165) is 42.5 Å². The molecule has 1 fully saturated rings. The Kier molecular flexibility index (Phi) is 6.50. The Bertz CT molecular complexity index is 813. The van der Waals surface area contributed by atoms with Crippen LogP contribution in [0.4, 0.5) is 5.69 Å². The molecule has 2 aliphatic heterocycles. The number of rotatable bonds is 7. The van der Waals surface area contributed by atoms with Gasteiger partial charge in [0.15, 0.2) is 0 Å². The fourth-order valence-electron chi connectivity index (χ4n) is 4.70. The van der Waals surface area contributed by atoms with Crippen molar-refractivity contribution < 1.29 is 9.53 Å². The van der Waals surface area contributed by atoms with Crippen molar-refractivity contribution >= 4 is 11.6 Å². The number of hydrogen-bond donors (Lipinski definition) is 1. The molecular formula is C25H32N2O2. The van der Waals surface area contributed by atoms with Crippen molar-refractivity contribution in [2.75, 3.05) is 31.6 Å². The number of nitrogens with one attached hydrogen (secondary N) is 1. The van der Waals surface area contributed by atoms with Crippen LogP contribution in [0.15, 0.2) is 48.5 Å². The molecule has 2 aliphatic rings. The number of amides is 1. The Morgan fingerprint density at radius 1 is 1.07 bits per heavy atom. The van der Waals surface area contributed by atoms with Gasteiger partial charge in [0, 0.05) is 24.2 Å². The van der Waals surface area contributed by atoms with Crippen LogP contribution in [0.5, 0.6) is 5.75 Å². The Balaban J connectivity index is 1.19. The summed E-state index contributed by atoms with van der Waals surface area (Å²) in [4.78, 5) is 14.3. The van der Waals surface area contributed by atoms with E-state index in [1.165, 1.54) is 37.9 Å². The molecule has 0 spiro atoms. The van der Waals surface area contributed by atoms with Crippen LogP contribution in [0.25, 0.3) is 0 Å². The minimum Gasteiger partial charge on any atom is -0.493 e. The molecular weight excluding hydrogens is 360 g/mol. The maximum absolute atomic E-state index is 11.8.